The van der Waals surface area contributed by atoms with E-state index in [4.69, 9.17) is 16.3 Å². The van der Waals surface area contributed by atoms with Gasteiger partial charge in [-0.3, -0.25) is 4.79 Å². The van der Waals surface area contributed by atoms with Gasteiger partial charge < -0.3 is 14.7 Å². The van der Waals surface area contributed by atoms with Gasteiger partial charge in [-0.15, -0.1) is 0 Å². The summed E-state index contributed by atoms with van der Waals surface area (Å²) in [5.41, 5.74) is 0.261. The van der Waals surface area contributed by atoms with E-state index in [-0.39, 0.29) is 12.5 Å². The van der Waals surface area contributed by atoms with Gasteiger partial charge in [-0.05, 0) is 38.5 Å². The van der Waals surface area contributed by atoms with Crippen molar-refractivity contribution in [3.8, 4) is 0 Å². The van der Waals surface area contributed by atoms with E-state index >= 15 is 0 Å². The van der Waals surface area contributed by atoms with Crippen molar-refractivity contribution in [2.75, 3.05) is 13.1 Å². The van der Waals surface area contributed by atoms with Crippen LogP contribution in [0.15, 0.2) is 24.3 Å². The second-order valence-corrected chi connectivity index (χ2v) is 6.92. The summed E-state index contributed by atoms with van der Waals surface area (Å²) in [6, 6.07) is 7.07. The van der Waals surface area contributed by atoms with E-state index in [1.807, 2.05) is 12.1 Å². The molecule has 1 amide bonds. The minimum absolute atomic E-state index is 0.150. The van der Waals surface area contributed by atoms with E-state index < -0.39 is 23.6 Å². The number of aliphatic carboxylic acids is 1. The molecule has 0 spiro atoms. The molecule has 22 heavy (non-hydrogen) atoms. The van der Waals surface area contributed by atoms with Crippen LogP contribution in [0.2, 0.25) is 5.02 Å². The van der Waals surface area contributed by atoms with Gasteiger partial charge in [0.15, 0.2) is 0 Å². The van der Waals surface area contributed by atoms with E-state index in [9.17, 15) is 14.7 Å². The molecule has 1 aliphatic heterocycles. The number of amides is 1. The monoisotopic (exact) mass is 325 g/mol. The molecule has 1 aliphatic rings. The number of benzene rings is 1. The Morgan fingerprint density at radius 2 is 1.82 bits per heavy atom. The van der Waals surface area contributed by atoms with Crippen LogP contribution in [0.25, 0.3) is 0 Å². The summed E-state index contributed by atoms with van der Waals surface area (Å²) in [5, 5.41) is 10.0. The first-order valence-electron chi connectivity index (χ1n) is 7.13. The Morgan fingerprint density at radius 1 is 1.23 bits per heavy atom. The molecular formula is C16H20ClNO4. The highest BCUT2D eigenvalue weighted by atomic mass is 35.5. The molecule has 2 unspecified atom stereocenters. The smallest absolute Gasteiger partial charge is 0.410 e. The van der Waals surface area contributed by atoms with Crippen LogP contribution in [0, 0.1) is 5.92 Å². The third-order valence-electron chi connectivity index (χ3n) is 3.59. The summed E-state index contributed by atoms with van der Waals surface area (Å²) < 4.78 is 5.33. The van der Waals surface area contributed by atoms with E-state index in [1.165, 1.54) is 4.90 Å². The summed E-state index contributed by atoms with van der Waals surface area (Å²) >= 11 is 5.87. The minimum atomic E-state index is -0.911. The van der Waals surface area contributed by atoms with Crippen molar-refractivity contribution < 1.29 is 19.4 Å². The average Bonchev–Trinajstić information content (AvgIpc) is 2.83. The molecule has 1 heterocycles. The Balaban J connectivity index is 2.18. The lowest BCUT2D eigenvalue weighted by molar-refractivity contribution is -0.141. The standard InChI is InChI=1S/C16H20ClNO4/c1-16(2,3)22-15(21)18-8-12(13(9-18)14(19)20)10-4-6-11(17)7-5-10/h4-7,12-13H,8-9H2,1-3H3,(H,19,20). The van der Waals surface area contributed by atoms with Crippen LogP contribution < -0.4 is 0 Å². The Bertz CT molecular complexity index is 565. The summed E-state index contributed by atoms with van der Waals surface area (Å²) in [6.45, 7) is 5.83. The van der Waals surface area contributed by atoms with Gasteiger partial charge in [-0.25, -0.2) is 4.79 Å². The second kappa shape index (κ2) is 6.16. The lowest BCUT2D eigenvalue weighted by Crippen LogP contribution is -2.35. The molecule has 1 aromatic rings. The van der Waals surface area contributed by atoms with Crippen molar-refractivity contribution >= 4 is 23.7 Å². The Hall–Kier alpha value is -1.75. The molecule has 1 fully saturated rings. The van der Waals surface area contributed by atoms with Crippen molar-refractivity contribution in [1.82, 2.24) is 4.90 Å². The van der Waals surface area contributed by atoms with E-state index in [2.05, 4.69) is 0 Å². The largest absolute Gasteiger partial charge is 0.481 e. The molecule has 0 aliphatic carbocycles. The topological polar surface area (TPSA) is 66.8 Å². The number of carbonyl (C=O) groups excluding carboxylic acids is 1. The van der Waals surface area contributed by atoms with Crippen molar-refractivity contribution in [3.05, 3.63) is 34.9 Å². The highest BCUT2D eigenvalue weighted by molar-refractivity contribution is 6.30. The molecule has 2 rings (SSSR count). The molecule has 5 nitrogen and oxygen atoms in total. The number of hydrogen-bond donors (Lipinski definition) is 1. The van der Waals surface area contributed by atoms with Gasteiger partial charge in [0.2, 0.25) is 0 Å². The normalized spacial score (nSPS) is 21.7. The Morgan fingerprint density at radius 3 is 2.32 bits per heavy atom. The first-order valence-corrected chi connectivity index (χ1v) is 7.51. The zero-order valence-corrected chi connectivity index (χ0v) is 13.6. The SMILES string of the molecule is CC(C)(C)OC(=O)N1CC(C(=O)O)C(c2ccc(Cl)cc2)C1. The fourth-order valence-corrected chi connectivity index (χ4v) is 2.70. The van der Waals surface area contributed by atoms with Gasteiger partial charge >= 0.3 is 12.1 Å². The third kappa shape index (κ3) is 3.91. The number of nitrogens with zero attached hydrogens (tertiary/aromatic N) is 1. The van der Waals surface area contributed by atoms with Crippen molar-refractivity contribution in [2.24, 2.45) is 5.92 Å². The summed E-state index contributed by atoms with van der Waals surface area (Å²) in [5.74, 6) is -1.82. The molecule has 0 bridgehead atoms. The molecule has 0 radical (unpaired) electrons. The van der Waals surface area contributed by atoms with Crippen LogP contribution >= 0.6 is 11.6 Å². The highest BCUT2D eigenvalue weighted by Crippen LogP contribution is 2.34. The predicted octanol–water partition coefficient (Wildman–Crippen LogP) is 3.38. The molecule has 0 saturated carbocycles. The Labute approximate surface area is 134 Å². The predicted molar refractivity (Wildman–Crippen MR) is 83.1 cm³/mol. The summed E-state index contributed by atoms with van der Waals surface area (Å²) in [7, 11) is 0. The van der Waals surface area contributed by atoms with Crippen molar-refractivity contribution in [3.63, 3.8) is 0 Å². The molecule has 1 N–H and O–H groups in total. The molecule has 0 aromatic heterocycles. The molecule has 120 valence electrons. The summed E-state index contributed by atoms with van der Waals surface area (Å²) in [4.78, 5) is 25.1. The quantitative estimate of drug-likeness (QED) is 0.905. The van der Waals surface area contributed by atoms with Gasteiger partial charge in [-0.2, -0.15) is 0 Å². The number of likely N-dealkylation sites (tertiary alicyclic amines) is 1. The average molecular weight is 326 g/mol. The van der Waals surface area contributed by atoms with Crippen molar-refractivity contribution in [1.29, 1.82) is 0 Å². The first-order chi connectivity index (χ1) is 10.2. The molecule has 2 atom stereocenters. The van der Waals surface area contributed by atoms with Crippen LogP contribution in [0.4, 0.5) is 4.79 Å². The zero-order chi connectivity index (χ0) is 16.5. The first kappa shape index (κ1) is 16.6. The minimum Gasteiger partial charge on any atom is -0.481 e. The number of hydrogen-bond acceptors (Lipinski definition) is 3. The van der Waals surface area contributed by atoms with Crippen molar-refractivity contribution in [2.45, 2.75) is 32.3 Å². The van der Waals surface area contributed by atoms with Crippen LogP contribution in [0.3, 0.4) is 0 Å². The maximum atomic E-state index is 12.1. The molecule has 6 heteroatoms. The third-order valence-corrected chi connectivity index (χ3v) is 3.84. The van der Waals surface area contributed by atoms with Gasteiger partial charge in [0.25, 0.3) is 0 Å². The molecule has 1 aromatic carbocycles. The fraction of sp³-hybridized carbons (Fsp3) is 0.500. The van der Waals surface area contributed by atoms with E-state index in [1.54, 1.807) is 32.9 Å². The molecular weight excluding hydrogens is 306 g/mol. The summed E-state index contributed by atoms with van der Waals surface area (Å²) in [6.07, 6.45) is -0.477. The Kier molecular flexibility index (Phi) is 4.66. The van der Waals surface area contributed by atoms with Gasteiger partial charge in [0.05, 0.1) is 5.92 Å². The lowest BCUT2D eigenvalue weighted by atomic mass is 9.89. The number of carboxylic acids is 1. The number of ether oxygens (including phenoxy) is 1. The number of carbonyl (C=O) groups is 2. The highest BCUT2D eigenvalue weighted by Gasteiger charge is 2.41. The second-order valence-electron chi connectivity index (χ2n) is 6.49. The van der Waals surface area contributed by atoms with Gasteiger partial charge in [0, 0.05) is 24.0 Å². The maximum Gasteiger partial charge on any atom is 0.410 e. The van der Waals surface area contributed by atoms with Crippen LogP contribution in [-0.4, -0.2) is 40.8 Å². The van der Waals surface area contributed by atoms with E-state index in [0.29, 0.717) is 11.6 Å². The fourth-order valence-electron chi connectivity index (χ4n) is 2.58. The number of rotatable bonds is 2. The lowest BCUT2D eigenvalue weighted by Gasteiger charge is -2.24. The van der Waals surface area contributed by atoms with Gasteiger partial charge in [0.1, 0.15) is 5.60 Å². The zero-order valence-electron chi connectivity index (χ0n) is 12.9. The van der Waals surface area contributed by atoms with Gasteiger partial charge in [-0.1, -0.05) is 23.7 Å². The van der Waals surface area contributed by atoms with E-state index in [0.717, 1.165) is 5.56 Å². The number of carboxylic acid groups (broad SMARTS) is 1. The number of halogens is 1. The van der Waals surface area contributed by atoms with Crippen LogP contribution in [-0.2, 0) is 9.53 Å². The molecule has 1 saturated heterocycles. The van der Waals surface area contributed by atoms with Crippen LogP contribution in [0.1, 0.15) is 32.3 Å². The maximum absolute atomic E-state index is 12.1. The van der Waals surface area contributed by atoms with Crippen LogP contribution in [0.5, 0.6) is 0 Å².